The summed E-state index contributed by atoms with van der Waals surface area (Å²) in [6.07, 6.45) is 1.32. The highest BCUT2D eigenvalue weighted by Gasteiger charge is 2.33. The number of hydrogen-bond donors (Lipinski definition) is 0. The highest BCUT2D eigenvalue weighted by Crippen LogP contribution is 2.47. The highest BCUT2D eigenvalue weighted by molar-refractivity contribution is 6.13. The van der Waals surface area contributed by atoms with Crippen LogP contribution in [0.15, 0.2) is 71.3 Å². The zero-order chi connectivity index (χ0) is 29.8. The fourth-order valence-electron chi connectivity index (χ4n) is 6.35. The van der Waals surface area contributed by atoms with Crippen LogP contribution in [0.3, 0.4) is 0 Å². The summed E-state index contributed by atoms with van der Waals surface area (Å²) in [6, 6.07) is 20.2. The molecule has 2 aliphatic carbocycles. The lowest BCUT2D eigenvalue weighted by atomic mass is 9.86. The number of fused-ring (bicyclic) bond motifs is 4. The Morgan fingerprint density at radius 3 is 2.57 bits per heavy atom. The molecule has 7 rings (SSSR count). The Labute approximate surface area is 227 Å². The summed E-state index contributed by atoms with van der Waals surface area (Å²) in [5.41, 5.74) is 6.40. The van der Waals surface area contributed by atoms with Crippen LogP contribution in [0.5, 0.6) is 0 Å². The van der Waals surface area contributed by atoms with Gasteiger partial charge in [0.15, 0.2) is 6.20 Å². The molecule has 0 bridgehead atoms. The van der Waals surface area contributed by atoms with Crippen LogP contribution in [0.4, 0.5) is 0 Å². The van der Waals surface area contributed by atoms with E-state index in [1.807, 2.05) is 49.6 Å². The quantitative estimate of drug-likeness (QED) is 0.230. The molecule has 2 heterocycles. The predicted octanol–water partition coefficient (Wildman–Crippen LogP) is 8.84. The van der Waals surface area contributed by atoms with Crippen molar-refractivity contribution in [1.82, 2.24) is 0 Å². The Hall–Kier alpha value is -3.39. The normalized spacial score (nSPS) is 22.8. The largest absolute Gasteiger partial charge is 0.454 e. The second kappa shape index (κ2) is 8.31. The molecule has 2 heteroatoms. The van der Waals surface area contributed by atoms with Gasteiger partial charge in [-0.1, -0.05) is 69.2 Å². The maximum absolute atomic E-state index is 9.49. The van der Waals surface area contributed by atoms with E-state index in [1.165, 1.54) is 0 Å². The molecule has 186 valence electrons. The third-order valence-electron chi connectivity index (χ3n) is 8.11. The molecule has 37 heavy (non-hydrogen) atoms. The molecular weight excluding hydrogens is 450 g/mol. The van der Waals surface area contributed by atoms with E-state index in [4.69, 9.17) is 7.16 Å². The summed E-state index contributed by atoms with van der Waals surface area (Å²) >= 11 is 0. The van der Waals surface area contributed by atoms with Crippen molar-refractivity contribution in [3.05, 3.63) is 89.1 Å². The van der Waals surface area contributed by atoms with Crippen molar-refractivity contribution in [3.63, 3.8) is 0 Å². The van der Waals surface area contributed by atoms with Crippen molar-refractivity contribution in [2.45, 2.75) is 65.1 Å². The van der Waals surface area contributed by atoms with Crippen molar-refractivity contribution in [1.29, 1.82) is 0 Å². The van der Waals surface area contributed by atoms with Crippen LogP contribution in [0.2, 0.25) is 0 Å². The third-order valence-corrected chi connectivity index (χ3v) is 8.11. The summed E-state index contributed by atoms with van der Waals surface area (Å²) in [5.74, 6) is -0.946. The molecule has 0 atom stereocenters. The molecule has 5 aromatic rings. The van der Waals surface area contributed by atoms with E-state index in [0.717, 1.165) is 62.7 Å². The van der Waals surface area contributed by atoms with E-state index in [2.05, 4.69) is 35.8 Å². The number of aryl methyl sites for hydroxylation is 2. The second-order valence-electron chi connectivity index (χ2n) is 11.2. The van der Waals surface area contributed by atoms with Crippen molar-refractivity contribution < 1.29 is 15.8 Å². The van der Waals surface area contributed by atoms with Crippen LogP contribution in [-0.4, -0.2) is 0 Å². The highest BCUT2D eigenvalue weighted by atomic mass is 16.3. The number of para-hydroxylation sites is 1. The second-order valence-corrected chi connectivity index (χ2v) is 11.2. The molecule has 0 amide bonds. The molecule has 2 nitrogen and oxygen atoms in total. The topological polar surface area (TPSA) is 17.0 Å². The molecule has 0 saturated heterocycles. The number of furan rings is 1. The van der Waals surface area contributed by atoms with Crippen LogP contribution >= 0.6 is 0 Å². The van der Waals surface area contributed by atoms with E-state index in [-0.39, 0.29) is 0 Å². The lowest BCUT2D eigenvalue weighted by Gasteiger charge is -2.18. The van der Waals surface area contributed by atoms with E-state index >= 15 is 0 Å². The van der Waals surface area contributed by atoms with Crippen LogP contribution in [-0.2, 0) is 19.8 Å². The summed E-state index contributed by atoms with van der Waals surface area (Å²) in [4.78, 5) is 0. The lowest BCUT2D eigenvalue weighted by molar-refractivity contribution is -0.660. The number of rotatable bonds is 3. The molecule has 0 radical (unpaired) electrons. The minimum atomic E-state index is -1.92. The summed E-state index contributed by atoms with van der Waals surface area (Å²) in [5, 5.41) is 1.99. The minimum Gasteiger partial charge on any atom is -0.454 e. The fraction of sp³-hybridized carbons (Fsp3) is 0.343. The van der Waals surface area contributed by atoms with Gasteiger partial charge >= 0.3 is 0 Å². The average molecular weight is 492 g/mol. The monoisotopic (exact) mass is 491 g/mol. The summed E-state index contributed by atoms with van der Waals surface area (Å²) < 4.78 is 55.0. The van der Waals surface area contributed by atoms with E-state index in [1.54, 1.807) is 13.8 Å². The van der Waals surface area contributed by atoms with Gasteiger partial charge in [-0.05, 0) is 77.7 Å². The Bertz CT molecular complexity index is 1910. The first-order valence-corrected chi connectivity index (χ1v) is 13.4. The molecule has 2 aliphatic rings. The van der Waals surface area contributed by atoms with E-state index in [9.17, 15) is 4.11 Å². The molecule has 0 aliphatic heterocycles. The van der Waals surface area contributed by atoms with Crippen LogP contribution in [0, 0.1) is 12.3 Å². The van der Waals surface area contributed by atoms with Gasteiger partial charge in [0.25, 0.3) is 0 Å². The number of benzene rings is 3. The first-order valence-electron chi connectivity index (χ1n) is 15.9. The summed E-state index contributed by atoms with van der Waals surface area (Å²) in [7, 11) is 2.03. The third kappa shape index (κ3) is 3.64. The standard InChI is InChI=1S/C35H36NO/c1-22-15-16-28-27-13-9-12-26(33(27)37-34(28)32(22)31-14-7-8-17-36(31)4)24-18-25-20-35(2,3)21-30(25)29(19-24)23-10-5-6-11-23/h7-9,12-19,23H,5-6,10-11,20-21H2,1-4H3/q+1/i20D2,21D2,23D. The average Bonchev–Trinajstić information content (AvgIpc) is 3.59. The van der Waals surface area contributed by atoms with Crippen molar-refractivity contribution in [2.24, 2.45) is 12.5 Å². The van der Waals surface area contributed by atoms with Crippen LogP contribution in [0.1, 0.15) is 74.5 Å². The molecular formula is C35H36NO+. The van der Waals surface area contributed by atoms with Crippen molar-refractivity contribution in [3.8, 4) is 22.4 Å². The maximum Gasteiger partial charge on any atom is 0.216 e. The number of nitrogens with zero attached hydrogens (tertiary/aromatic N) is 1. The zero-order valence-electron chi connectivity index (χ0n) is 27.0. The Balaban J connectivity index is 1.54. The Morgan fingerprint density at radius 2 is 1.76 bits per heavy atom. The van der Waals surface area contributed by atoms with Gasteiger partial charge in [-0.2, -0.15) is 0 Å². The zero-order valence-corrected chi connectivity index (χ0v) is 22.0. The van der Waals surface area contributed by atoms with Gasteiger partial charge in [-0.15, -0.1) is 0 Å². The van der Waals surface area contributed by atoms with Gasteiger partial charge < -0.3 is 4.42 Å². The Kier molecular flexibility index (Phi) is 4.03. The lowest BCUT2D eigenvalue weighted by Crippen LogP contribution is -2.30. The van der Waals surface area contributed by atoms with Gasteiger partial charge in [0.1, 0.15) is 18.2 Å². The molecule has 2 aromatic heterocycles. The molecule has 1 fully saturated rings. The number of pyridine rings is 1. The predicted molar refractivity (Wildman–Crippen MR) is 153 cm³/mol. The van der Waals surface area contributed by atoms with Crippen molar-refractivity contribution >= 4 is 21.9 Å². The van der Waals surface area contributed by atoms with E-state index < -0.39 is 24.1 Å². The van der Waals surface area contributed by atoms with Gasteiger partial charge in [-0.25, -0.2) is 4.57 Å². The number of aromatic nitrogens is 1. The maximum atomic E-state index is 9.49. The van der Waals surface area contributed by atoms with E-state index in [0.29, 0.717) is 29.5 Å². The molecule has 1 saturated carbocycles. The number of hydrogen-bond acceptors (Lipinski definition) is 1. The van der Waals surface area contributed by atoms with Gasteiger partial charge in [0.2, 0.25) is 5.69 Å². The smallest absolute Gasteiger partial charge is 0.216 e. The van der Waals surface area contributed by atoms with Gasteiger partial charge in [0, 0.05) is 35.3 Å². The van der Waals surface area contributed by atoms with Crippen LogP contribution < -0.4 is 4.57 Å². The molecule has 0 unspecified atom stereocenters. The van der Waals surface area contributed by atoms with Gasteiger partial charge in [0.05, 0.1) is 5.56 Å². The summed E-state index contributed by atoms with van der Waals surface area (Å²) in [6.45, 7) is 5.44. The minimum absolute atomic E-state index is 0.365. The first-order chi connectivity index (χ1) is 19.8. The molecule has 0 spiro atoms. The molecule has 3 aromatic carbocycles. The van der Waals surface area contributed by atoms with Gasteiger partial charge in [-0.3, -0.25) is 0 Å². The molecule has 0 N–H and O–H groups in total. The SMILES string of the molecule is [2H]C1(c2cc(-c3cccc4c3oc3c(-c5cccc[n+]5C)c(C)ccc34)cc3c2C([2H])([2H])C(C)(C)C3([2H])[2H])CCCC1. The first kappa shape index (κ1) is 18.0. The van der Waals surface area contributed by atoms with Crippen LogP contribution in [0.25, 0.3) is 44.3 Å². The van der Waals surface area contributed by atoms with Crippen molar-refractivity contribution in [2.75, 3.05) is 0 Å². The Morgan fingerprint density at radius 1 is 0.946 bits per heavy atom. The fourth-order valence-corrected chi connectivity index (χ4v) is 6.35.